The number of nitrogens with zero attached hydrogens (tertiary/aromatic N) is 1. The van der Waals surface area contributed by atoms with Gasteiger partial charge in [-0.2, -0.15) is 0 Å². The van der Waals surface area contributed by atoms with Gasteiger partial charge < -0.3 is 14.4 Å². The molecule has 1 aliphatic heterocycles. The third kappa shape index (κ3) is 5.47. The van der Waals surface area contributed by atoms with E-state index in [0.717, 1.165) is 25.9 Å². The molecule has 0 saturated carbocycles. The van der Waals surface area contributed by atoms with Crippen LogP contribution in [-0.2, 0) is 14.3 Å². The second-order valence-electron chi connectivity index (χ2n) is 4.19. The highest BCUT2D eigenvalue weighted by atomic mass is 16.5. The van der Waals surface area contributed by atoms with Crippen molar-refractivity contribution in [1.29, 1.82) is 0 Å². The summed E-state index contributed by atoms with van der Waals surface area (Å²) in [6.07, 6.45) is 6.06. The van der Waals surface area contributed by atoms with Crippen molar-refractivity contribution in [2.24, 2.45) is 0 Å². The Hall–Kier alpha value is -0.610. The van der Waals surface area contributed by atoms with E-state index in [1.807, 2.05) is 4.90 Å². The zero-order valence-corrected chi connectivity index (χ0v) is 10.2. The monoisotopic (exact) mass is 229 g/mol. The minimum absolute atomic E-state index is 0.123. The molecule has 1 heterocycles. The molecule has 4 heteroatoms. The number of ether oxygens (including phenoxy) is 2. The zero-order valence-electron chi connectivity index (χ0n) is 10.2. The van der Waals surface area contributed by atoms with Gasteiger partial charge in [-0.3, -0.25) is 4.79 Å². The third-order valence-electron chi connectivity index (χ3n) is 2.87. The fraction of sp³-hybridized carbons (Fsp3) is 0.917. The van der Waals surface area contributed by atoms with Crippen LogP contribution in [0.4, 0.5) is 0 Å². The first-order valence-electron chi connectivity index (χ1n) is 6.19. The average Bonchev–Trinajstić information content (AvgIpc) is 2.23. The lowest BCUT2D eigenvalue weighted by Crippen LogP contribution is -2.36. The van der Waals surface area contributed by atoms with Crippen LogP contribution in [0, 0.1) is 0 Å². The number of carbonyl (C=O) groups excluding carboxylic acids is 1. The molecule has 0 unspecified atom stereocenters. The van der Waals surface area contributed by atoms with Crippen LogP contribution in [0.3, 0.4) is 0 Å². The summed E-state index contributed by atoms with van der Waals surface area (Å²) in [6, 6.07) is 0. The van der Waals surface area contributed by atoms with E-state index < -0.39 is 0 Å². The van der Waals surface area contributed by atoms with E-state index in [-0.39, 0.29) is 12.5 Å². The van der Waals surface area contributed by atoms with Gasteiger partial charge in [0.15, 0.2) is 0 Å². The summed E-state index contributed by atoms with van der Waals surface area (Å²) < 4.78 is 10.1. The van der Waals surface area contributed by atoms with Crippen LogP contribution < -0.4 is 0 Å². The van der Waals surface area contributed by atoms with Crippen molar-refractivity contribution < 1.29 is 14.3 Å². The van der Waals surface area contributed by atoms with Crippen molar-refractivity contribution in [1.82, 2.24) is 4.90 Å². The van der Waals surface area contributed by atoms with Crippen LogP contribution >= 0.6 is 0 Å². The maximum atomic E-state index is 11.8. The minimum atomic E-state index is 0.123. The molecule has 0 aliphatic carbocycles. The third-order valence-corrected chi connectivity index (χ3v) is 2.87. The molecule has 0 radical (unpaired) electrons. The molecule has 0 aromatic rings. The Bertz CT molecular complexity index is 189. The molecule has 1 fully saturated rings. The van der Waals surface area contributed by atoms with Crippen molar-refractivity contribution in [2.45, 2.75) is 32.1 Å². The predicted octanol–water partition coefficient (Wildman–Crippen LogP) is 1.44. The van der Waals surface area contributed by atoms with E-state index in [4.69, 9.17) is 9.47 Å². The lowest BCUT2D eigenvalue weighted by molar-refractivity contribution is -0.136. The van der Waals surface area contributed by atoms with Gasteiger partial charge in [-0.15, -0.1) is 0 Å². The van der Waals surface area contributed by atoms with Crippen LogP contribution in [-0.4, -0.2) is 50.8 Å². The van der Waals surface area contributed by atoms with Crippen molar-refractivity contribution in [3.63, 3.8) is 0 Å². The number of hydrogen-bond acceptors (Lipinski definition) is 3. The van der Waals surface area contributed by atoms with Gasteiger partial charge in [0.2, 0.25) is 5.91 Å². The van der Waals surface area contributed by atoms with Gasteiger partial charge in [0.1, 0.15) is 6.61 Å². The van der Waals surface area contributed by atoms with Crippen molar-refractivity contribution >= 4 is 5.91 Å². The molecule has 1 saturated heterocycles. The second kappa shape index (κ2) is 8.53. The summed E-state index contributed by atoms with van der Waals surface area (Å²) in [5.41, 5.74) is 0. The van der Waals surface area contributed by atoms with Gasteiger partial charge in [-0.05, 0) is 12.8 Å². The highest BCUT2D eigenvalue weighted by Crippen LogP contribution is 2.10. The molecule has 0 spiro atoms. The van der Waals surface area contributed by atoms with E-state index in [1.54, 1.807) is 7.11 Å². The summed E-state index contributed by atoms with van der Waals surface area (Å²) in [5, 5.41) is 0. The Kier molecular flexibility index (Phi) is 7.17. The van der Waals surface area contributed by atoms with Crippen molar-refractivity contribution in [3.05, 3.63) is 0 Å². The van der Waals surface area contributed by atoms with E-state index in [9.17, 15) is 4.79 Å². The summed E-state index contributed by atoms with van der Waals surface area (Å²) in [4.78, 5) is 13.7. The van der Waals surface area contributed by atoms with Crippen LogP contribution in [0.15, 0.2) is 0 Å². The molecule has 94 valence electrons. The lowest BCUT2D eigenvalue weighted by atomic mass is 10.1. The molecule has 0 atom stereocenters. The first-order chi connectivity index (χ1) is 7.84. The Balaban J connectivity index is 2.17. The number of carbonyl (C=O) groups is 1. The van der Waals surface area contributed by atoms with Gasteiger partial charge in [-0.1, -0.05) is 19.3 Å². The molecule has 1 rings (SSSR count). The first kappa shape index (κ1) is 13.5. The highest BCUT2D eigenvalue weighted by molar-refractivity contribution is 5.77. The maximum absolute atomic E-state index is 11.8. The van der Waals surface area contributed by atoms with Gasteiger partial charge in [0.05, 0.1) is 13.2 Å². The molecule has 0 N–H and O–H groups in total. The van der Waals surface area contributed by atoms with Crippen molar-refractivity contribution in [3.8, 4) is 0 Å². The van der Waals surface area contributed by atoms with Crippen LogP contribution in [0.2, 0.25) is 0 Å². The first-order valence-corrected chi connectivity index (χ1v) is 6.19. The van der Waals surface area contributed by atoms with E-state index in [0.29, 0.717) is 13.2 Å². The largest absolute Gasteiger partial charge is 0.382 e. The number of methoxy groups -OCH3 is 1. The fourth-order valence-corrected chi connectivity index (χ4v) is 1.89. The Morgan fingerprint density at radius 2 is 1.69 bits per heavy atom. The Labute approximate surface area is 97.9 Å². The number of hydrogen-bond donors (Lipinski definition) is 0. The molecule has 16 heavy (non-hydrogen) atoms. The Morgan fingerprint density at radius 1 is 1.06 bits per heavy atom. The van der Waals surface area contributed by atoms with E-state index in [2.05, 4.69) is 0 Å². The zero-order chi connectivity index (χ0) is 11.6. The summed E-state index contributed by atoms with van der Waals surface area (Å²) >= 11 is 0. The minimum Gasteiger partial charge on any atom is -0.382 e. The van der Waals surface area contributed by atoms with E-state index >= 15 is 0 Å². The average molecular weight is 229 g/mol. The van der Waals surface area contributed by atoms with E-state index in [1.165, 1.54) is 19.3 Å². The fourth-order valence-electron chi connectivity index (χ4n) is 1.89. The van der Waals surface area contributed by atoms with Gasteiger partial charge in [0.25, 0.3) is 0 Å². The predicted molar refractivity (Wildman–Crippen MR) is 62.4 cm³/mol. The molecule has 0 aromatic carbocycles. The lowest BCUT2D eigenvalue weighted by Gasteiger charge is -2.24. The topological polar surface area (TPSA) is 38.8 Å². The smallest absolute Gasteiger partial charge is 0.248 e. The van der Waals surface area contributed by atoms with Gasteiger partial charge in [-0.25, -0.2) is 0 Å². The number of amides is 1. The summed E-state index contributed by atoms with van der Waals surface area (Å²) in [6.45, 7) is 3.03. The summed E-state index contributed by atoms with van der Waals surface area (Å²) in [5.74, 6) is 0.123. The maximum Gasteiger partial charge on any atom is 0.248 e. The molecule has 0 bridgehead atoms. The highest BCUT2D eigenvalue weighted by Gasteiger charge is 2.14. The standard InChI is InChI=1S/C12H23NO3/c1-15-9-10-16-11-12(14)13-7-5-3-2-4-6-8-13/h2-11H2,1H3. The molecule has 1 aliphatic rings. The van der Waals surface area contributed by atoms with Gasteiger partial charge in [0, 0.05) is 20.2 Å². The quantitative estimate of drug-likeness (QED) is 0.670. The SMILES string of the molecule is COCCOCC(=O)N1CCCCCCC1. The van der Waals surface area contributed by atoms with Crippen LogP contribution in [0.1, 0.15) is 32.1 Å². The van der Waals surface area contributed by atoms with Crippen LogP contribution in [0.25, 0.3) is 0 Å². The number of rotatable bonds is 5. The molecular weight excluding hydrogens is 206 g/mol. The molecular formula is C12H23NO3. The molecule has 4 nitrogen and oxygen atoms in total. The normalized spacial score (nSPS) is 17.9. The Morgan fingerprint density at radius 3 is 2.31 bits per heavy atom. The molecule has 0 aromatic heterocycles. The molecule has 1 amide bonds. The van der Waals surface area contributed by atoms with Crippen LogP contribution in [0.5, 0.6) is 0 Å². The summed E-state index contributed by atoms with van der Waals surface area (Å²) in [7, 11) is 1.63. The van der Waals surface area contributed by atoms with Gasteiger partial charge >= 0.3 is 0 Å². The second-order valence-corrected chi connectivity index (χ2v) is 4.19. The number of likely N-dealkylation sites (tertiary alicyclic amines) is 1. The van der Waals surface area contributed by atoms with Crippen molar-refractivity contribution in [2.75, 3.05) is 40.0 Å².